The Bertz CT molecular complexity index is 155. The van der Waals surface area contributed by atoms with Crippen LogP contribution in [0.3, 0.4) is 0 Å². The van der Waals surface area contributed by atoms with Crippen LogP contribution < -0.4 is 0 Å². The highest BCUT2D eigenvalue weighted by molar-refractivity contribution is 6.17. The molecule has 0 saturated carbocycles. The Morgan fingerprint density at radius 2 is 0.900 bits per heavy atom. The van der Waals surface area contributed by atoms with Gasteiger partial charge in [-0.2, -0.15) is 0 Å². The second-order valence-corrected chi connectivity index (χ2v) is 4.21. The van der Waals surface area contributed by atoms with E-state index < -0.39 is 0 Å². The van der Waals surface area contributed by atoms with Gasteiger partial charge in [-0.3, -0.25) is 0 Å². The quantitative estimate of drug-likeness (QED) is 0.315. The lowest BCUT2D eigenvalue weighted by Crippen LogP contribution is -2.13. The Morgan fingerprint density at radius 3 is 1.25 bits per heavy atom. The highest BCUT2D eigenvalue weighted by Crippen LogP contribution is 1.87. The Morgan fingerprint density at radius 1 is 0.550 bits per heavy atom. The van der Waals surface area contributed by atoms with E-state index in [2.05, 4.69) is 0 Å². The van der Waals surface area contributed by atoms with Crippen molar-refractivity contribution in [2.24, 2.45) is 0 Å². The van der Waals surface area contributed by atoms with Gasteiger partial charge in [0, 0.05) is 12.5 Å². The van der Waals surface area contributed by atoms with Gasteiger partial charge in [-0.05, 0) is 6.42 Å². The van der Waals surface area contributed by atoms with Crippen LogP contribution in [0.1, 0.15) is 6.42 Å². The van der Waals surface area contributed by atoms with E-state index in [1.165, 1.54) is 0 Å². The first kappa shape index (κ1) is 20.1. The van der Waals surface area contributed by atoms with Gasteiger partial charge >= 0.3 is 0 Å². The van der Waals surface area contributed by atoms with Gasteiger partial charge in [0.15, 0.2) is 0 Å². The summed E-state index contributed by atoms with van der Waals surface area (Å²) in [6.45, 7) is 5.42. The van der Waals surface area contributed by atoms with E-state index in [-0.39, 0.29) is 6.61 Å². The van der Waals surface area contributed by atoms with Gasteiger partial charge in [-0.1, -0.05) is 0 Å². The van der Waals surface area contributed by atoms with E-state index >= 15 is 0 Å². The molecule has 1 N–H and O–H groups in total. The second kappa shape index (κ2) is 19.1. The van der Waals surface area contributed by atoms with Crippen molar-refractivity contribution in [3.63, 3.8) is 0 Å². The molecule has 0 bridgehead atoms. The van der Waals surface area contributed by atoms with E-state index in [9.17, 15) is 0 Å². The lowest BCUT2D eigenvalue weighted by Gasteiger charge is -2.07. The Hall–Kier alpha value is 0.0500. The third-order valence-electron chi connectivity index (χ3n) is 2.15. The summed E-state index contributed by atoms with van der Waals surface area (Å²) in [7, 11) is 0. The van der Waals surface area contributed by atoms with E-state index in [4.69, 9.17) is 40.4 Å². The molecule has 7 heteroatoms. The summed E-state index contributed by atoms with van der Waals surface area (Å²) in [6, 6.07) is 0. The van der Waals surface area contributed by atoms with Gasteiger partial charge in [-0.25, -0.2) is 0 Å². The first-order valence-electron chi connectivity index (χ1n) is 6.97. The maximum atomic E-state index is 8.47. The lowest BCUT2D eigenvalue weighted by atomic mass is 10.5. The first-order chi connectivity index (χ1) is 9.91. The number of ether oxygens (including phenoxy) is 5. The maximum Gasteiger partial charge on any atom is 0.0701 e. The second-order valence-electron chi connectivity index (χ2n) is 3.83. The molecule has 0 saturated heterocycles. The highest BCUT2D eigenvalue weighted by Gasteiger charge is 1.93. The normalized spacial score (nSPS) is 11.1. The minimum atomic E-state index is 0.0425. The van der Waals surface area contributed by atoms with E-state index in [0.29, 0.717) is 71.9 Å². The van der Waals surface area contributed by atoms with Crippen LogP contribution >= 0.6 is 11.6 Å². The molecule has 0 unspecified atom stereocenters. The zero-order chi connectivity index (χ0) is 14.7. The predicted molar refractivity (Wildman–Crippen MR) is 76.5 cm³/mol. The molecule has 0 aromatic rings. The number of aliphatic hydroxyl groups excluding tert-OH is 1. The van der Waals surface area contributed by atoms with Crippen LogP contribution in [0.5, 0.6) is 0 Å². The Balaban J connectivity index is 2.89. The van der Waals surface area contributed by atoms with Crippen molar-refractivity contribution in [3.8, 4) is 0 Å². The van der Waals surface area contributed by atoms with E-state index in [1.807, 2.05) is 0 Å². The molecule has 0 radical (unpaired) electrons. The molecular formula is C13H27ClO6. The zero-order valence-electron chi connectivity index (χ0n) is 12.1. The number of rotatable bonds is 17. The van der Waals surface area contributed by atoms with Crippen molar-refractivity contribution < 1.29 is 28.8 Å². The summed E-state index contributed by atoms with van der Waals surface area (Å²) < 4.78 is 26.2. The Labute approximate surface area is 126 Å². The summed E-state index contributed by atoms with van der Waals surface area (Å²) in [4.78, 5) is 0. The molecule has 0 aromatic heterocycles. The van der Waals surface area contributed by atoms with E-state index in [0.717, 1.165) is 6.42 Å². The van der Waals surface area contributed by atoms with Gasteiger partial charge in [-0.15, -0.1) is 11.6 Å². The monoisotopic (exact) mass is 314 g/mol. The highest BCUT2D eigenvalue weighted by atomic mass is 35.5. The molecule has 0 fully saturated rings. The van der Waals surface area contributed by atoms with Crippen molar-refractivity contribution in [3.05, 3.63) is 0 Å². The molecule has 0 spiro atoms. The van der Waals surface area contributed by atoms with Gasteiger partial charge < -0.3 is 28.8 Å². The summed E-state index contributed by atoms with van der Waals surface area (Å²) >= 11 is 5.51. The minimum Gasteiger partial charge on any atom is -0.394 e. The molecule has 20 heavy (non-hydrogen) atoms. The largest absolute Gasteiger partial charge is 0.394 e. The SMILES string of the molecule is OCCOCCOCCOCCOCCOCCCCl. The van der Waals surface area contributed by atoms with Crippen molar-refractivity contribution in [1.29, 1.82) is 0 Å². The van der Waals surface area contributed by atoms with Crippen molar-refractivity contribution >= 4 is 11.6 Å². The standard InChI is InChI=1S/C13H27ClO6/c14-2-1-4-16-6-8-18-10-12-20-13-11-19-9-7-17-5-3-15/h15H,1-13H2. The number of hydrogen-bond donors (Lipinski definition) is 1. The summed E-state index contributed by atoms with van der Waals surface area (Å²) in [6.07, 6.45) is 0.871. The molecule has 0 rings (SSSR count). The zero-order valence-corrected chi connectivity index (χ0v) is 12.8. The molecule has 0 heterocycles. The maximum absolute atomic E-state index is 8.47. The predicted octanol–water partition coefficient (Wildman–Crippen LogP) is 0.691. The van der Waals surface area contributed by atoms with Gasteiger partial charge in [0.05, 0.1) is 66.1 Å². The van der Waals surface area contributed by atoms with Crippen molar-refractivity contribution in [2.45, 2.75) is 6.42 Å². The van der Waals surface area contributed by atoms with Crippen LogP contribution in [0.15, 0.2) is 0 Å². The lowest BCUT2D eigenvalue weighted by molar-refractivity contribution is -0.0131. The molecule has 0 aliphatic carbocycles. The molecule has 0 amide bonds. The smallest absolute Gasteiger partial charge is 0.0701 e. The number of hydrogen-bond acceptors (Lipinski definition) is 6. The van der Waals surface area contributed by atoms with Crippen LogP contribution in [-0.2, 0) is 23.7 Å². The number of halogens is 1. The van der Waals surface area contributed by atoms with Gasteiger partial charge in [0.1, 0.15) is 0 Å². The van der Waals surface area contributed by atoms with Crippen molar-refractivity contribution in [2.75, 3.05) is 78.6 Å². The molecule has 0 aliphatic rings. The van der Waals surface area contributed by atoms with Crippen LogP contribution in [-0.4, -0.2) is 83.7 Å². The van der Waals surface area contributed by atoms with Crippen LogP contribution in [0.25, 0.3) is 0 Å². The third kappa shape index (κ3) is 18.0. The van der Waals surface area contributed by atoms with E-state index in [1.54, 1.807) is 0 Å². The molecule has 0 aromatic carbocycles. The number of alkyl halides is 1. The Kier molecular flexibility index (Phi) is 19.1. The molecule has 0 aliphatic heterocycles. The topological polar surface area (TPSA) is 66.4 Å². The summed E-state index contributed by atoms with van der Waals surface area (Å²) in [5.41, 5.74) is 0. The fourth-order valence-electron chi connectivity index (χ4n) is 1.20. The van der Waals surface area contributed by atoms with Crippen molar-refractivity contribution in [1.82, 2.24) is 0 Å². The molecule has 0 atom stereocenters. The first-order valence-corrected chi connectivity index (χ1v) is 7.50. The van der Waals surface area contributed by atoms with Crippen LogP contribution in [0.2, 0.25) is 0 Å². The fourth-order valence-corrected chi connectivity index (χ4v) is 1.31. The molecular weight excluding hydrogens is 288 g/mol. The summed E-state index contributed by atoms with van der Waals surface area (Å²) in [5, 5.41) is 8.47. The average molecular weight is 315 g/mol. The van der Waals surface area contributed by atoms with Crippen LogP contribution in [0.4, 0.5) is 0 Å². The van der Waals surface area contributed by atoms with Gasteiger partial charge in [0.25, 0.3) is 0 Å². The number of aliphatic hydroxyl groups is 1. The molecule has 6 nitrogen and oxygen atoms in total. The van der Waals surface area contributed by atoms with Crippen LogP contribution in [0, 0.1) is 0 Å². The average Bonchev–Trinajstić information content (AvgIpc) is 2.47. The molecule has 122 valence electrons. The summed E-state index contributed by atoms with van der Waals surface area (Å²) in [5.74, 6) is 0.629. The van der Waals surface area contributed by atoms with Gasteiger partial charge in [0.2, 0.25) is 0 Å². The third-order valence-corrected chi connectivity index (χ3v) is 2.41. The fraction of sp³-hybridized carbons (Fsp3) is 1.00. The minimum absolute atomic E-state index is 0.0425.